The molecule has 0 radical (unpaired) electrons. The Kier molecular flexibility index (Phi) is 52.3. The first kappa shape index (κ1) is 63.1. The quantitative estimate of drug-likeness (QED) is 0.0262. The van der Waals surface area contributed by atoms with Gasteiger partial charge < -0.3 is 14.2 Å². The lowest BCUT2D eigenvalue weighted by Crippen LogP contribution is -2.30. The fraction of sp³-hybridized carbons (Fsp3) is 0.783. The van der Waals surface area contributed by atoms with E-state index in [0.717, 1.165) is 103 Å². The summed E-state index contributed by atoms with van der Waals surface area (Å²) in [6.45, 7) is 6.51. The van der Waals surface area contributed by atoms with E-state index in [0.29, 0.717) is 19.3 Å². The zero-order valence-electron chi connectivity index (χ0n) is 43.7. The Hall–Kier alpha value is -2.89. The standard InChI is InChI=1S/C60H106O6/c1-4-7-10-13-16-19-22-25-27-29-30-31-33-35-38-41-44-47-50-53-59(62)65-56-57(55-64-58(61)52-49-46-43-40-37-34-24-21-18-15-12-9-6-3)66-60(63)54-51-48-45-42-39-36-32-28-26-23-20-17-14-11-8-5-2/h8,11,17,20,26,28-30,34,37,57H,4-7,9-10,12-16,18-19,21-25,27,31-33,35-36,38-56H2,1-3H3/b11-8-,20-17-,28-26-,30-29-,37-34-. The van der Waals surface area contributed by atoms with Crippen LogP contribution in [0.25, 0.3) is 0 Å². The highest BCUT2D eigenvalue weighted by molar-refractivity contribution is 5.71. The summed E-state index contributed by atoms with van der Waals surface area (Å²) in [5.41, 5.74) is 0. The smallest absolute Gasteiger partial charge is 0.306 e. The van der Waals surface area contributed by atoms with Crippen LogP contribution in [-0.2, 0) is 28.6 Å². The molecular weight excluding hydrogens is 817 g/mol. The average Bonchev–Trinajstić information content (AvgIpc) is 3.31. The molecule has 0 aliphatic carbocycles. The van der Waals surface area contributed by atoms with Gasteiger partial charge in [0.05, 0.1) is 0 Å². The van der Waals surface area contributed by atoms with Crippen LogP contribution in [0.4, 0.5) is 0 Å². The maximum atomic E-state index is 12.8. The largest absolute Gasteiger partial charge is 0.462 e. The van der Waals surface area contributed by atoms with Crippen LogP contribution in [0.5, 0.6) is 0 Å². The topological polar surface area (TPSA) is 78.9 Å². The van der Waals surface area contributed by atoms with Gasteiger partial charge in [-0.05, 0) is 103 Å². The van der Waals surface area contributed by atoms with Crippen molar-refractivity contribution in [3.8, 4) is 0 Å². The molecule has 0 rings (SSSR count). The van der Waals surface area contributed by atoms with E-state index in [9.17, 15) is 14.4 Å². The number of ether oxygens (including phenoxy) is 3. The van der Waals surface area contributed by atoms with Gasteiger partial charge in [-0.1, -0.05) is 223 Å². The van der Waals surface area contributed by atoms with E-state index in [1.807, 2.05) is 0 Å². The molecule has 1 unspecified atom stereocenters. The molecular formula is C60H106O6. The van der Waals surface area contributed by atoms with Crippen molar-refractivity contribution >= 4 is 17.9 Å². The third-order valence-electron chi connectivity index (χ3n) is 12.2. The van der Waals surface area contributed by atoms with Crippen LogP contribution >= 0.6 is 0 Å². The summed E-state index contributed by atoms with van der Waals surface area (Å²) in [4.78, 5) is 38.1. The van der Waals surface area contributed by atoms with Crippen LogP contribution in [0.2, 0.25) is 0 Å². The zero-order valence-corrected chi connectivity index (χ0v) is 43.7. The van der Waals surface area contributed by atoms with E-state index in [2.05, 4.69) is 81.5 Å². The van der Waals surface area contributed by atoms with Crippen molar-refractivity contribution in [1.82, 2.24) is 0 Å². The summed E-state index contributed by atoms with van der Waals surface area (Å²) >= 11 is 0. The Morgan fingerprint density at radius 2 is 0.591 bits per heavy atom. The summed E-state index contributed by atoms with van der Waals surface area (Å²) in [6.07, 6.45) is 67.8. The van der Waals surface area contributed by atoms with E-state index in [-0.39, 0.29) is 31.1 Å². The number of esters is 3. The summed E-state index contributed by atoms with van der Waals surface area (Å²) in [5.74, 6) is -0.911. The van der Waals surface area contributed by atoms with Crippen molar-refractivity contribution in [2.45, 2.75) is 290 Å². The third kappa shape index (κ3) is 52.1. The number of hydrogen-bond acceptors (Lipinski definition) is 6. The minimum atomic E-state index is -0.788. The fourth-order valence-electron chi connectivity index (χ4n) is 7.98. The molecule has 0 aliphatic rings. The van der Waals surface area contributed by atoms with Gasteiger partial charge in [0.15, 0.2) is 6.10 Å². The maximum absolute atomic E-state index is 12.8. The van der Waals surface area contributed by atoms with Gasteiger partial charge in [0.2, 0.25) is 0 Å². The molecule has 0 saturated carbocycles. The van der Waals surface area contributed by atoms with E-state index in [4.69, 9.17) is 14.2 Å². The van der Waals surface area contributed by atoms with Crippen molar-refractivity contribution in [2.24, 2.45) is 0 Å². The monoisotopic (exact) mass is 923 g/mol. The molecule has 0 aromatic rings. The van der Waals surface area contributed by atoms with Crippen LogP contribution < -0.4 is 0 Å². The molecule has 0 bridgehead atoms. The molecule has 0 N–H and O–H groups in total. The van der Waals surface area contributed by atoms with E-state index >= 15 is 0 Å². The highest BCUT2D eigenvalue weighted by atomic mass is 16.6. The van der Waals surface area contributed by atoms with Crippen LogP contribution in [0.3, 0.4) is 0 Å². The van der Waals surface area contributed by atoms with Gasteiger partial charge in [-0.15, -0.1) is 0 Å². The summed E-state index contributed by atoms with van der Waals surface area (Å²) in [5, 5.41) is 0. The van der Waals surface area contributed by atoms with Crippen LogP contribution in [0.15, 0.2) is 60.8 Å². The fourth-order valence-corrected chi connectivity index (χ4v) is 7.98. The molecule has 66 heavy (non-hydrogen) atoms. The summed E-state index contributed by atoms with van der Waals surface area (Å²) < 4.78 is 16.8. The SMILES string of the molecule is CC/C=C\C/C=C\C/C=C\CCCCCCCCC(=O)OC(COC(=O)CCCCC/C=C\CCCCCCCC)COC(=O)CCCCCCCCC/C=C\CCCCCCCCCC. The van der Waals surface area contributed by atoms with Crippen LogP contribution in [-0.4, -0.2) is 37.2 Å². The van der Waals surface area contributed by atoms with E-state index < -0.39 is 6.10 Å². The number of allylic oxidation sites excluding steroid dienone is 10. The maximum Gasteiger partial charge on any atom is 0.306 e. The summed E-state index contributed by atoms with van der Waals surface area (Å²) in [7, 11) is 0. The molecule has 0 amide bonds. The Balaban J connectivity index is 4.38. The molecule has 1 atom stereocenters. The zero-order chi connectivity index (χ0) is 47.9. The predicted octanol–water partition coefficient (Wildman–Crippen LogP) is 18.8. The van der Waals surface area contributed by atoms with E-state index in [1.165, 1.54) is 141 Å². The molecule has 0 aliphatic heterocycles. The van der Waals surface area contributed by atoms with Gasteiger partial charge in [0.25, 0.3) is 0 Å². The van der Waals surface area contributed by atoms with Crippen molar-refractivity contribution < 1.29 is 28.6 Å². The van der Waals surface area contributed by atoms with Crippen LogP contribution in [0, 0.1) is 0 Å². The van der Waals surface area contributed by atoms with Crippen molar-refractivity contribution in [3.05, 3.63) is 60.8 Å². The molecule has 6 heteroatoms. The summed E-state index contributed by atoms with van der Waals surface area (Å²) in [6, 6.07) is 0. The van der Waals surface area contributed by atoms with Crippen LogP contribution in [0.1, 0.15) is 284 Å². The predicted molar refractivity (Wildman–Crippen MR) is 284 cm³/mol. The van der Waals surface area contributed by atoms with Crippen molar-refractivity contribution in [2.75, 3.05) is 13.2 Å². The van der Waals surface area contributed by atoms with Crippen molar-refractivity contribution in [3.63, 3.8) is 0 Å². The second-order valence-electron chi connectivity index (χ2n) is 18.8. The molecule has 0 fully saturated rings. The minimum Gasteiger partial charge on any atom is -0.462 e. The van der Waals surface area contributed by atoms with Gasteiger partial charge in [0.1, 0.15) is 13.2 Å². The lowest BCUT2D eigenvalue weighted by Gasteiger charge is -2.18. The Labute approximate surface area is 409 Å². The first-order valence-electron chi connectivity index (χ1n) is 28.3. The molecule has 0 aromatic heterocycles. The Morgan fingerprint density at radius 1 is 0.318 bits per heavy atom. The first-order chi connectivity index (χ1) is 32.5. The molecule has 0 aromatic carbocycles. The van der Waals surface area contributed by atoms with Gasteiger partial charge in [-0.2, -0.15) is 0 Å². The van der Waals surface area contributed by atoms with E-state index in [1.54, 1.807) is 0 Å². The number of carbonyl (C=O) groups is 3. The normalized spacial score (nSPS) is 12.5. The Morgan fingerprint density at radius 3 is 0.955 bits per heavy atom. The highest BCUT2D eigenvalue weighted by Crippen LogP contribution is 2.15. The van der Waals surface area contributed by atoms with Gasteiger partial charge in [-0.3, -0.25) is 14.4 Å². The number of rotatable bonds is 51. The van der Waals surface area contributed by atoms with Crippen molar-refractivity contribution in [1.29, 1.82) is 0 Å². The third-order valence-corrected chi connectivity index (χ3v) is 12.2. The second kappa shape index (κ2) is 54.7. The number of carbonyl (C=O) groups excluding carboxylic acids is 3. The molecule has 0 saturated heterocycles. The Bertz CT molecular complexity index is 1200. The highest BCUT2D eigenvalue weighted by Gasteiger charge is 2.19. The molecule has 382 valence electrons. The molecule has 0 heterocycles. The average molecular weight is 924 g/mol. The van der Waals surface area contributed by atoms with Gasteiger partial charge in [0, 0.05) is 19.3 Å². The first-order valence-corrected chi connectivity index (χ1v) is 28.3. The lowest BCUT2D eigenvalue weighted by atomic mass is 10.1. The lowest BCUT2D eigenvalue weighted by molar-refractivity contribution is -0.167. The van der Waals surface area contributed by atoms with Gasteiger partial charge >= 0.3 is 17.9 Å². The minimum absolute atomic E-state index is 0.0858. The number of hydrogen-bond donors (Lipinski definition) is 0. The molecule has 0 spiro atoms. The van der Waals surface area contributed by atoms with Gasteiger partial charge in [-0.25, -0.2) is 0 Å². The second-order valence-corrected chi connectivity index (χ2v) is 18.8. The molecule has 6 nitrogen and oxygen atoms in total. The number of unbranched alkanes of at least 4 members (excludes halogenated alkanes) is 30.